The van der Waals surface area contributed by atoms with Gasteiger partial charge < -0.3 is 30.2 Å². The van der Waals surface area contributed by atoms with Gasteiger partial charge in [-0.05, 0) is 22.8 Å². The molecule has 1 aromatic heterocycles. The number of aromatic nitrogens is 1. The van der Waals surface area contributed by atoms with Gasteiger partial charge >= 0.3 is 65.1 Å². The number of anilines is 1. The van der Waals surface area contributed by atoms with Crippen molar-refractivity contribution < 1.29 is 83.3 Å². The minimum absolute atomic E-state index is 0. The Bertz CT molecular complexity index is 1220. The fourth-order valence-electron chi connectivity index (χ4n) is 3.24. The van der Waals surface area contributed by atoms with E-state index in [2.05, 4.69) is 10.6 Å². The van der Waals surface area contributed by atoms with Gasteiger partial charge in [0.1, 0.15) is 11.5 Å². The van der Waals surface area contributed by atoms with E-state index in [1.807, 2.05) is 0 Å². The number of halogens is 1. The minimum Gasteiger partial charge on any atom is -0.871 e. The zero-order chi connectivity index (χ0) is 23.3. The van der Waals surface area contributed by atoms with Crippen LogP contribution in [0.5, 0.6) is 5.75 Å². The Morgan fingerprint density at radius 3 is 2.47 bits per heavy atom. The Morgan fingerprint density at radius 2 is 1.79 bits per heavy atom. The molecule has 0 aliphatic carbocycles. The fourth-order valence-corrected chi connectivity index (χ4v) is 3.24. The summed E-state index contributed by atoms with van der Waals surface area (Å²) in [5, 5.41) is 27.8. The number of nitrogens with zero attached hydrogens (tertiary/aromatic N) is 1. The molecule has 1 atom stereocenters. The summed E-state index contributed by atoms with van der Waals surface area (Å²) in [6.07, 6.45) is 0.992. The first kappa shape index (κ1) is 29.9. The summed E-state index contributed by atoms with van der Waals surface area (Å²) in [5.41, 5.74) is 0.470. The molecule has 0 aliphatic heterocycles. The van der Waals surface area contributed by atoms with Gasteiger partial charge in [0, 0.05) is 32.1 Å². The van der Waals surface area contributed by atoms with Crippen molar-refractivity contribution in [2.45, 2.75) is 18.9 Å². The van der Waals surface area contributed by atoms with Gasteiger partial charge in [0.2, 0.25) is 0 Å². The number of carbonyl (C=O) groups is 2. The molecule has 11 heteroatoms. The molecule has 3 aromatic rings. The second kappa shape index (κ2) is 13.7. The topological polar surface area (TPSA) is 126 Å². The van der Waals surface area contributed by atoms with Crippen molar-refractivity contribution in [2.75, 3.05) is 5.32 Å². The molecule has 0 unspecified atom stereocenters. The van der Waals surface area contributed by atoms with E-state index in [0.717, 1.165) is 10.6 Å². The van der Waals surface area contributed by atoms with Gasteiger partial charge in [-0.15, -0.1) is 0 Å². The van der Waals surface area contributed by atoms with Crippen LogP contribution in [0.2, 0.25) is 0 Å². The zero-order valence-corrected chi connectivity index (χ0v) is 23.1. The van der Waals surface area contributed by atoms with E-state index < -0.39 is 41.5 Å². The number of urea groups is 1. The van der Waals surface area contributed by atoms with Crippen molar-refractivity contribution in [3.8, 4) is 5.75 Å². The zero-order valence-electron chi connectivity index (χ0n) is 19.1. The normalized spacial score (nSPS) is 10.9. The van der Waals surface area contributed by atoms with Crippen molar-refractivity contribution in [2.24, 2.45) is 7.05 Å². The van der Waals surface area contributed by atoms with Crippen LogP contribution < -0.4 is 85.5 Å². The maximum absolute atomic E-state index is 14.0. The monoisotopic (exact) mass is 483 g/mol. The first-order chi connectivity index (χ1) is 15.2. The van der Waals surface area contributed by atoms with Crippen molar-refractivity contribution in [1.29, 1.82) is 0 Å². The van der Waals surface area contributed by atoms with Crippen LogP contribution in [0.4, 0.5) is 14.9 Å². The maximum atomic E-state index is 14.0. The number of benzene rings is 2. The van der Waals surface area contributed by atoms with Crippen molar-refractivity contribution in [3.05, 3.63) is 93.7 Å². The number of aryl methyl sites for hydroxylation is 1. The average Bonchev–Trinajstić information content (AvgIpc) is 2.75. The number of rotatable bonds is 7. The third kappa shape index (κ3) is 7.97. The van der Waals surface area contributed by atoms with Crippen molar-refractivity contribution in [1.82, 2.24) is 9.88 Å². The van der Waals surface area contributed by atoms with Gasteiger partial charge in [0.25, 0.3) is 5.56 Å². The molecule has 34 heavy (non-hydrogen) atoms. The molecule has 0 saturated heterocycles. The molecular weight excluding hydrogens is 463 g/mol. The smallest absolute Gasteiger partial charge is 0.871 e. The summed E-state index contributed by atoms with van der Waals surface area (Å²) in [6.45, 7) is 0. The molecule has 8 nitrogen and oxygen atoms in total. The Labute approximate surface area is 239 Å². The Balaban J connectivity index is 0.00000289. The van der Waals surface area contributed by atoms with E-state index in [9.17, 15) is 29.0 Å². The van der Waals surface area contributed by atoms with Gasteiger partial charge in [-0.2, -0.15) is 0 Å². The molecule has 0 fully saturated rings. The third-order valence-corrected chi connectivity index (χ3v) is 4.85. The van der Waals surface area contributed by atoms with Gasteiger partial charge in [-0.25, -0.2) is 9.18 Å². The molecule has 0 spiro atoms. The standard InChI is InChI=1S/C23H22FN3O5.2Na/c1-27-10-9-19(28)21(22(27)31)26-23(32)25-18(13-20(29)30)16-7-4-5-14(12-16)11-15-6-2-3-8-17(15)24;;/h2-10,12,18,28H,11,13H2,1H3,(H,29,30)(H2,25,26,32);;/q;2*+1/p-2/t18-;;/m0../s1. The number of hydrogen-bond donors (Lipinski definition) is 2. The summed E-state index contributed by atoms with van der Waals surface area (Å²) < 4.78 is 15.1. The predicted octanol–water partition coefficient (Wildman–Crippen LogP) is -4.80. The Hall–Kier alpha value is -2.14. The van der Waals surface area contributed by atoms with E-state index in [1.165, 1.54) is 19.3 Å². The van der Waals surface area contributed by atoms with Crippen molar-refractivity contribution >= 4 is 17.7 Å². The van der Waals surface area contributed by atoms with Gasteiger partial charge in [0.05, 0.1) is 6.04 Å². The average molecular weight is 483 g/mol. The van der Waals surface area contributed by atoms with Gasteiger partial charge in [-0.3, -0.25) is 4.79 Å². The summed E-state index contributed by atoms with van der Waals surface area (Å²) in [5.74, 6) is -2.44. The largest absolute Gasteiger partial charge is 1.00 e. The van der Waals surface area contributed by atoms with E-state index in [4.69, 9.17) is 0 Å². The summed E-state index contributed by atoms with van der Waals surface area (Å²) in [7, 11) is 1.42. The minimum atomic E-state index is -1.41. The molecule has 166 valence electrons. The number of pyridine rings is 1. The summed E-state index contributed by atoms with van der Waals surface area (Å²) >= 11 is 0. The Kier molecular flexibility index (Phi) is 12.0. The molecule has 3 rings (SSSR count). The van der Waals surface area contributed by atoms with Crippen LogP contribution in [-0.4, -0.2) is 16.6 Å². The summed E-state index contributed by atoms with van der Waals surface area (Å²) in [4.78, 5) is 35.8. The molecule has 2 N–H and O–H groups in total. The second-order valence-corrected chi connectivity index (χ2v) is 7.21. The van der Waals surface area contributed by atoms with E-state index in [1.54, 1.807) is 42.5 Å². The quantitative estimate of drug-likeness (QED) is 0.326. The SMILES string of the molecule is Cn1ccc([O-])c(NC(=O)N[C@@H](CC(=O)[O-])c2cccc(Cc3ccccc3F)c2)c1=O.[Na+].[Na+]. The van der Waals surface area contributed by atoms with Crippen LogP contribution in [0.25, 0.3) is 0 Å². The first-order valence-electron chi connectivity index (χ1n) is 9.71. The van der Waals surface area contributed by atoms with E-state index >= 15 is 0 Å². The van der Waals surface area contributed by atoms with E-state index in [0.29, 0.717) is 16.7 Å². The molecule has 2 aromatic carbocycles. The molecule has 0 bridgehead atoms. The third-order valence-electron chi connectivity index (χ3n) is 4.85. The number of carboxylic acid groups (broad SMARTS) is 1. The Morgan fingerprint density at radius 1 is 1.09 bits per heavy atom. The van der Waals surface area contributed by atoms with Crippen LogP contribution in [0, 0.1) is 5.82 Å². The number of carbonyl (C=O) groups excluding carboxylic acids is 2. The molecule has 0 aliphatic rings. The first-order valence-corrected chi connectivity index (χ1v) is 9.71. The molecule has 0 saturated carbocycles. The number of nitrogens with one attached hydrogen (secondary N) is 2. The molecular formula is C23H20FN3Na2O5. The molecule has 2 amide bonds. The van der Waals surface area contributed by atoms with Gasteiger partial charge in [-0.1, -0.05) is 54.3 Å². The van der Waals surface area contributed by atoms with Crippen LogP contribution in [-0.2, 0) is 18.3 Å². The number of hydrogen-bond acceptors (Lipinski definition) is 5. The maximum Gasteiger partial charge on any atom is 1.00 e. The van der Waals surface area contributed by atoms with Crippen molar-refractivity contribution in [3.63, 3.8) is 0 Å². The van der Waals surface area contributed by atoms with E-state index in [-0.39, 0.29) is 71.4 Å². The van der Waals surface area contributed by atoms with Crippen LogP contribution >= 0.6 is 0 Å². The van der Waals surface area contributed by atoms with Crippen LogP contribution in [0.1, 0.15) is 29.2 Å². The number of carboxylic acids is 1. The van der Waals surface area contributed by atoms with Gasteiger partial charge in [0.15, 0.2) is 0 Å². The predicted molar refractivity (Wildman–Crippen MR) is 111 cm³/mol. The van der Waals surface area contributed by atoms with Crippen LogP contribution in [0.15, 0.2) is 65.6 Å². The molecule has 0 radical (unpaired) electrons. The van der Waals surface area contributed by atoms with Crippen LogP contribution in [0.3, 0.4) is 0 Å². The number of amides is 2. The summed E-state index contributed by atoms with van der Waals surface area (Å²) in [6, 6.07) is 12.2. The number of aliphatic carboxylic acids is 1. The fraction of sp³-hybridized carbons (Fsp3) is 0.174. The molecule has 1 heterocycles. The second-order valence-electron chi connectivity index (χ2n) is 7.21.